The number of rotatable bonds is 5. The summed E-state index contributed by atoms with van der Waals surface area (Å²) in [6.45, 7) is 5.84. The van der Waals surface area contributed by atoms with Gasteiger partial charge in [-0.05, 0) is 30.4 Å². The summed E-state index contributed by atoms with van der Waals surface area (Å²) in [5, 5.41) is 5.25. The normalized spacial score (nSPS) is 11.6. The Kier molecular flexibility index (Phi) is 5.88. The molecular formula is C11H20N4S. The number of hydrogen-bond acceptors (Lipinski definition) is 3. The van der Waals surface area contributed by atoms with Gasteiger partial charge in [-0.1, -0.05) is 13.3 Å². The van der Waals surface area contributed by atoms with E-state index in [1.165, 1.54) is 10.4 Å². The fourth-order valence-corrected chi connectivity index (χ4v) is 2.08. The van der Waals surface area contributed by atoms with E-state index < -0.39 is 0 Å². The number of nitrogens with two attached hydrogens (primary N) is 1. The van der Waals surface area contributed by atoms with Crippen LogP contribution < -0.4 is 16.6 Å². The Hall–Kier alpha value is -1.07. The van der Waals surface area contributed by atoms with Crippen LogP contribution in [0.3, 0.4) is 0 Å². The number of guanidine groups is 1. The van der Waals surface area contributed by atoms with Crippen molar-refractivity contribution in [3.05, 3.63) is 21.9 Å². The van der Waals surface area contributed by atoms with Crippen LogP contribution in [0, 0.1) is 6.92 Å². The summed E-state index contributed by atoms with van der Waals surface area (Å²) in [5.41, 5.74) is 3.88. The van der Waals surface area contributed by atoms with Gasteiger partial charge < -0.3 is 5.32 Å². The average molecular weight is 240 g/mol. The van der Waals surface area contributed by atoms with Crippen molar-refractivity contribution in [1.82, 2.24) is 10.7 Å². The third-order valence-electron chi connectivity index (χ3n) is 2.31. The summed E-state index contributed by atoms with van der Waals surface area (Å²) < 4.78 is 0. The van der Waals surface area contributed by atoms with Gasteiger partial charge in [0.05, 0.1) is 6.54 Å². The van der Waals surface area contributed by atoms with Gasteiger partial charge in [0.1, 0.15) is 0 Å². The molecule has 0 aliphatic carbocycles. The highest BCUT2D eigenvalue weighted by atomic mass is 32.1. The summed E-state index contributed by atoms with van der Waals surface area (Å²) in [5.74, 6) is 6.06. The van der Waals surface area contributed by atoms with Crippen LogP contribution in [-0.2, 0) is 6.54 Å². The molecule has 4 nitrogen and oxygen atoms in total. The molecule has 0 aliphatic heterocycles. The summed E-state index contributed by atoms with van der Waals surface area (Å²) in [7, 11) is 0. The molecule has 0 radical (unpaired) electrons. The molecule has 16 heavy (non-hydrogen) atoms. The quantitative estimate of drug-likeness (QED) is 0.242. The molecule has 1 rings (SSSR count). The van der Waals surface area contributed by atoms with Crippen molar-refractivity contribution in [1.29, 1.82) is 0 Å². The van der Waals surface area contributed by atoms with Gasteiger partial charge in [0.25, 0.3) is 0 Å². The first kappa shape index (κ1) is 13.0. The summed E-state index contributed by atoms with van der Waals surface area (Å²) >= 11 is 1.73. The van der Waals surface area contributed by atoms with Crippen molar-refractivity contribution >= 4 is 17.3 Å². The van der Waals surface area contributed by atoms with Crippen LogP contribution in [-0.4, -0.2) is 12.5 Å². The van der Waals surface area contributed by atoms with Crippen molar-refractivity contribution in [3.63, 3.8) is 0 Å². The van der Waals surface area contributed by atoms with E-state index in [1.54, 1.807) is 11.3 Å². The van der Waals surface area contributed by atoms with Gasteiger partial charge in [-0.15, -0.1) is 11.3 Å². The molecule has 90 valence electrons. The van der Waals surface area contributed by atoms with Crippen molar-refractivity contribution in [2.24, 2.45) is 10.8 Å². The van der Waals surface area contributed by atoms with Gasteiger partial charge in [0.15, 0.2) is 0 Å². The SMILES string of the molecule is CCCCNC(=NCc1sccc1C)NN. The number of hydrogen-bond donors (Lipinski definition) is 3. The van der Waals surface area contributed by atoms with E-state index in [9.17, 15) is 0 Å². The first-order chi connectivity index (χ1) is 7.77. The molecule has 0 unspecified atom stereocenters. The standard InChI is InChI=1S/C11H20N4S/c1-3-4-6-13-11(15-12)14-8-10-9(2)5-7-16-10/h5,7H,3-4,6,8,12H2,1-2H3,(H2,13,14,15). The number of nitrogens with one attached hydrogen (secondary N) is 2. The minimum absolute atomic E-state index is 0.668. The van der Waals surface area contributed by atoms with Gasteiger partial charge in [-0.2, -0.15) is 0 Å². The van der Waals surface area contributed by atoms with Crippen LogP contribution in [0.15, 0.2) is 16.4 Å². The third kappa shape index (κ3) is 4.20. The molecule has 0 aromatic carbocycles. The maximum atomic E-state index is 5.39. The lowest BCUT2D eigenvalue weighted by Crippen LogP contribution is -2.41. The zero-order valence-electron chi connectivity index (χ0n) is 9.92. The third-order valence-corrected chi connectivity index (χ3v) is 3.32. The van der Waals surface area contributed by atoms with Crippen molar-refractivity contribution in [2.75, 3.05) is 6.54 Å². The first-order valence-corrected chi connectivity index (χ1v) is 6.43. The molecule has 0 saturated carbocycles. The van der Waals surface area contributed by atoms with Crippen LogP contribution in [0.1, 0.15) is 30.2 Å². The Morgan fingerprint density at radius 1 is 1.56 bits per heavy atom. The average Bonchev–Trinajstić information content (AvgIpc) is 2.69. The first-order valence-electron chi connectivity index (χ1n) is 5.55. The lowest BCUT2D eigenvalue weighted by molar-refractivity contribution is 0.732. The Labute approximate surface area is 101 Å². The van der Waals surface area contributed by atoms with E-state index >= 15 is 0 Å². The number of aliphatic imine (C=N–C) groups is 1. The molecule has 4 N–H and O–H groups in total. The molecule has 0 fully saturated rings. The second kappa shape index (κ2) is 7.24. The van der Waals surface area contributed by atoms with Gasteiger partial charge >= 0.3 is 0 Å². The maximum absolute atomic E-state index is 5.39. The Morgan fingerprint density at radius 2 is 2.38 bits per heavy atom. The number of nitrogens with zero attached hydrogens (tertiary/aromatic N) is 1. The Bertz CT molecular complexity index is 332. The van der Waals surface area contributed by atoms with Crippen LogP contribution in [0.5, 0.6) is 0 Å². The van der Waals surface area contributed by atoms with Crippen LogP contribution >= 0.6 is 11.3 Å². The number of hydrazine groups is 1. The minimum Gasteiger partial charge on any atom is -0.355 e. The van der Waals surface area contributed by atoms with Gasteiger partial charge in [-0.3, -0.25) is 5.43 Å². The molecule has 1 heterocycles. The monoisotopic (exact) mass is 240 g/mol. The molecule has 0 aliphatic rings. The predicted molar refractivity (Wildman–Crippen MR) is 70.4 cm³/mol. The van der Waals surface area contributed by atoms with Crippen molar-refractivity contribution < 1.29 is 0 Å². The molecule has 1 aromatic rings. The van der Waals surface area contributed by atoms with Gasteiger partial charge in [0, 0.05) is 11.4 Å². The second-order valence-corrected chi connectivity index (χ2v) is 4.62. The van der Waals surface area contributed by atoms with Crippen LogP contribution in [0.4, 0.5) is 0 Å². The van der Waals surface area contributed by atoms with E-state index in [-0.39, 0.29) is 0 Å². The molecule has 5 heteroatoms. The molecular weight excluding hydrogens is 220 g/mol. The number of thiophene rings is 1. The second-order valence-electron chi connectivity index (χ2n) is 3.62. The van der Waals surface area contributed by atoms with E-state index in [2.05, 4.69) is 41.0 Å². The minimum atomic E-state index is 0.668. The largest absolute Gasteiger partial charge is 0.355 e. The van der Waals surface area contributed by atoms with Crippen molar-refractivity contribution in [3.8, 4) is 0 Å². The Balaban J connectivity index is 2.43. The summed E-state index contributed by atoms with van der Waals surface area (Å²) in [6.07, 6.45) is 2.29. The molecule has 0 spiro atoms. The smallest absolute Gasteiger partial charge is 0.206 e. The van der Waals surface area contributed by atoms with Gasteiger partial charge in [0.2, 0.25) is 5.96 Å². The van der Waals surface area contributed by atoms with Crippen LogP contribution in [0.2, 0.25) is 0 Å². The topological polar surface area (TPSA) is 62.4 Å². The number of aryl methyl sites for hydroxylation is 1. The predicted octanol–water partition coefficient (Wildman–Crippen LogP) is 1.77. The lowest BCUT2D eigenvalue weighted by atomic mass is 10.3. The fourth-order valence-electron chi connectivity index (χ4n) is 1.25. The molecule has 0 amide bonds. The fraction of sp³-hybridized carbons (Fsp3) is 0.545. The zero-order chi connectivity index (χ0) is 11.8. The Morgan fingerprint density at radius 3 is 2.94 bits per heavy atom. The highest BCUT2D eigenvalue weighted by Crippen LogP contribution is 2.16. The summed E-state index contributed by atoms with van der Waals surface area (Å²) in [6, 6.07) is 2.11. The van der Waals surface area contributed by atoms with E-state index in [0.29, 0.717) is 12.5 Å². The van der Waals surface area contributed by atoms with E-state index in [0.717, 1.165) is 19.4 Å². The molecule has 0 bridgehead atoms. The maximum Gasteiger partial charge on any atom is 0.206 e. The highest BCUT2D eigenvalue weighted by molar-refractivity contribution is 7.10. The van der Waals surface area contributed by atoms with Crippen LogP contribution in [0.25, 0.3) is 0 Å². The summed E-state index contributed by atoms with van der Waals surface area (Å²) in [4.78, 5) is 5.68. The van der Waals surface area contributed by atoms with Gasteiger partial charge in [-0.25, -0.2) is 10.8 Å². The van der Waals surface area contributed by atoms with E-state index in [4.69, 9.17) is 5.84 Å². The number of unbranched alkanes of at least 4 members (excludes halogenated alkanes) is 1. The van der Waals surface area contributed by atoms with Crippen molar-refractivity contribution in [2.45, 2.75) is 33.2 Å². The molecule has 0 atom stereocenters. The zero-order valence-corrected chi connectivity index (χ0v) is 10.7. The lowest BCUT2D eigenvalue weighted by Gasteiger charge is -2.08. The molecule has 1 aromatic heterocycles. The van der Waals surface area contributed by atoms with E-state index in [1.807, 2.05) is 0 Å². The highest BCUT2D eigenvalue weighted by Gasteiger charge is 1.99. The molecule has 0 saturated heterocycles.